The van der Waals surface area contributed by atoms with Crippen LogP contribution in [0, 0.1) is 6.92 Å². The number of hydrogen-bond donors (Lipinski definition) is 0. The Balaban J connectivity index is 3.91. The Morgan fingerprint density at radius 1 is 1.04 bits per heavy atom. The molecule has 1 aromatic rings. The molecule has 0 radical (unpaired) electrons. The van der Waals surface area contributed by atoms with Gasteiger partial charge in [-0.1, -0.05) is 0 Å². The van der Waals surface area contributed by atoms with E-state index in [9.17, 15) is 35.9 Å². The SMILES string of the molecule is CCOC(=O)c1c(C(F)(F)F)nc(C(F)(F)F)c(C)c1OC(C)=O. The van der Waals surface area contributed by atoms with Gasteiger partial charge in [0.1, 0.15) is 5.56 Å². The largest absolute Gasteiger partial charge is 0.462 e. The molecular weight excluding hydrogens is 348 g/mol. The van der Waals surface area contributed by atoms with Crippen molar-refractivity contribution in [2.24, 2.45) is 0 Å². The van der Waals surface area contributed by atoms with Crippen LogP contribution in [0.3, 0.4) is 0 Å². The monoisotopic (exact) mass is 359 g/mol. The van der Waals surface area contributed by atoms with Gasteiger partial charge in [-0.3, -0.25) is 4.79 Å². The number of carbonyl (C=O) groups excluding carboxylic acids is 2. The molecule has 24 heavy (non-hydrogen) atoms. The zero-order valence-electron chi connectivity index (χ0n) is 12.6. The molecule has 0 fully saturated rings. The van der Waals surface area contributed by atoms with E-state index in [1.165, 1.54) is 6.92 Å². The first kappa shape index (κ1) is 19.7. The second kappa shape index (κ2) is 6.65. The molecule has 0 N–H and O–H groups in total. The molecule has 0 atom stereocenters. The molecule has 1 heterocycles. The number of ether oxygens (including phenoxy) is 2. The topological polar surface area (TPSA) is 65.5 Å². The second-order valence-electron chi connectivity index (χ2n) is 4.45. The third kappa shape index (κ3) is 4.15. The Bertz CT molecular complexity index is 666. The molecule has 11 heteroatoms. The summed E-state index contributed by atoms with van der Waals surface area (Å²) in [4.78, 5) is 25.4. The second-order valence-corrected chi connectivity index (χ2v) is 4.45. The molecule has 1 aromatic heterocycles. The van der Waals surface area contributed by atoms with Crippen molar-refractivity contribution in [1.29, 1.82) is 0 Å². The van der Waals surface area contributed by atoms with Crippen molar-refractivity contribution in [2.75, 3.05) is 6.61 Å². The highest BCUT2D eigenvalue weighted by atomic mass is 19.4. The lowest BCUT2D eigenvalue weighted by molar-refractivity contribution is -0.151. The standard InChI is InChI=1S/C13H11F6NO4/c1-4-23-11(22)7-8(24-6(3)21)5(2)9(12(14,15)16)20-10(7)13(17,18)19/h4H2,1-3H3. The van der Waals surface area contributed by atoms with Crippen LogP contribution in [0.25, 0.3) is 0 Å². The molecule has 0 saturated carbocycles. The molecule has 1 rings (SSSR count). The van der Waals surface area contributed by atoms with Crippen LogP contribution in [0.15, 0.2) is 0 Å². The van der Waals surface area contributed by atoms with E-state index in [4.69, 9.17) is 0 Å². The van der Waals surface area contributed by atoms with E-state index in [0.717, 1.165) is 13.8 Å². The third-order valence-corrected chi connectivity index (χ3v) is 2.65. The normalized spacial score (nSPS) is 12.0. The van der Waals surface area contributed by atoms with Crippen LogP contribution in [-0.4, -0.2) is 23.5 Å². The van der Waals surface area contributed by atoms with Gasteiger partial charge in [0.25, 0.3) is 0 Å². The minimum absolute atomic E-state index is 0.351. The Kier molecular flexibility index (Phi) is 5.47. The number of pyridine rings is 1. The minimum Gasteiger partial charge on any atom is -0.462 e. The van der Waals surface area contributed by atoms with Crippen molar-refractivity contribution in [3.05, 3.63) is 22.5 Å². The number of aromatic nitrogens is 1. The first-order valence-corrected chi connectivity index (χ1v) is 6.35. The van der Waals surface area contributed by atoms with E-state index < -0.39 is 52.6 Å². The highest BCUT2D eigenvalue weighted by molar-refractivity contribution is 5.95. The van der Waals surface area contributed by atoms with Gasteiger partial charge < -0.3 is 9.47 Å². The van der Waals surface area contributed by atoms with Gasteiger partial charge in [-0.25, -0.2) is 9.78 Å². The number of halogens is 6. The molecule has 5 nitrogen and oxygen atoms in total. The van der Waals surface area contributed by atoms with Gasteiger partial charge in [0, 0.05) is 12.5 Å². The molecule has 0 aromatic carbocycles. The summed E-state index contributed by atoms with van der Waals surface area (Å²) in [7, 11) is 0. The van der Waals surface area contributed by atoms with Gasteiger partial charge in [0.05, 0.1) is 6.61 Å². The van der Waals surface area contributed by atoms with Gasteiger partial charge in [-0.15, -0.1) is 0 Å². The number of rotatable bonds is 3. The molecule has 0 saturated heterocycles. The molecule has 0 unspecified atom stereocenters. The number of nitrogens with zero attached hydrogens (tertiary/aromatic N) is 1. The quantitative estimate of drug-likeness (QED) is 0.610. The van der Waals surface area contributed by atoms with Crippen LogP contribution in [0.5, 0.6) is 5.75 Å². The van der Waals surface area contributed by atoms with Crippen LogP contribution in [-0.2, 0) is 21.9 Å². The summed E-state index contributed by atoms with van der Waals surface area (Å²) in [6.07, 6.45) is -10.7. The Labute approximate surface area is 131 Å². The summed E-state index contributed by atoms with van der Waals surface area (Å²) < 4.78 is 86.9. The molecule has 0 aliphatic rings. The smallest absolute Gasteiger partial charge is 0.434 e. The molecular formula is C13H11F6NO4. The van der Waals surface area contributed by atoms with Crippen molar-refractivity contribution in [1.82, 2.24) is 4.98 Å². The lowest BCUT2D eigenvalue weighted by Gasteiger charge is -2.20. The zero-order valence-corrected chi connectivity index (χ0v) is 12.6. The van der Waals surface area contributed by atoms with E-state index in [0.29, 0.717) is 0 Å². The predicted octanol–water partition coefficient (Wildman–Crippen LogP) is 3.53. The van der Waals surface area contributed by atoms with Gasteiger partial charge in [0.15, 0.2) is 17.1 Å². The first-order chi connectivity index (χ1) is 10.8. The molecule has 0 aliphatic heterocycles. The summed E-state index contributed by atoms with van der Waals surface area (Å²) in [5.74, 6) is -4.00. The number of esters is 2. The lowest BCUT2D eigenvalue weighted by atomic mass is 10.0. The first-order valence-electron chi connectivity index (χ1n) is 6.35. The van der Waals surface area contributed by atoms with Crippen molar-refractivity contribution in [3.8, 4) is 5.75 Å². The zero-order chi connectivity index (χ0) is 18.9. The Morgan fingerprint density at radius 3 is 1.92 bits per heavy atom. The van der Waals surface area contributed by atoms with Crippen molar-refractivity contribution < 1.29 is 45.4 Å². The van der Waals surface area contributed by atoms with Gasteiger partial charge >= 0.3 is 24.3 Å². The van der Waals surface area contributed by atoms with E-state index in [-0.39, 0.29) is 6.61 Å². The summed E-state index contributed by atoms with van der Waals surface area (Å²) in [5, 5.41) is 0. The van der Waals surface area contributed by atoms with E-state index in [2.05, 4.69) is 14.5 Å². The fourth-order valence-corrected chi connectivity index (χ4v) is 1.80. The molecule has 0 spiro atoms. The summed E-state index contributed by atoms with van der Waals surface area (Å²) in [6.45, 7) is 2.42. The van der Waals surface area contributed by atoms with Crippen LogP contribution < -0.4 is 4.74 Å². The average molecular weight is 359 g/mol. The number of alkyl halides is 6. The summed E-state index contributed by atoms with van der Waals surface area (Å²) in [5.41, 5.74) is -6.38. The van der Waals surface area contributed by atoms with Crippen molar-refractivity contribution in [3.63, 3.8) is 0 Å². The minimum atomic E-state index is -5.41. The molecule has 0 bridgehead atoms. The fourth-order valence-electron chi connectivity index (χ4n) is 1.80. The molecule has 0 aliphatic carbocycles. The lowest BCUT2D eigenvalue weighted by Crippen LogP contribution is -2.24. The highest BCUT2D eigenvalue weighted by Crippen LogP contribution is 2.42. The van der Waals surface area contributed by atoms with E-state index in [1.54, 1.807) is 0 Å². The molecule has 0 amide bonds. The van der Waals surface area contributed by atoms with Crippen molar-refractivity contribution in [2.45, 2.75) is 33.1 Å². The van der Waals surface area contributed by atoms with Gasteiger partial charge in [-0.2, -0.15) is 26.3 Å². The Hall–Kier alpha value is -2.33. The van der Waals surface area contributed by atoms with Crippen molar-refractivity contribution >= 4 is 11.9 Å². The fraction of sp³-hybridized carbons (Fsp3) is 0.462. The van der Waals surface area contributed by atoms with Crippen LogP contribution >= 0.6 is 0 Å². The van der Waals surface area contributed by atoms with E-state index >= 15 is 0 Å². The maximum Gasteiger partial charge on any atom is 0.434 e. The van der Waals surface area contributed by atoms with E-state index in [1.807, 2.05) is 0 Å². The maximum atomic E-state index is 13.1. The van der Waals surface area contributed by atoms with Gasteiger partial charge in [-0.05, 0) is 13.8 Å². The van der Waals surface area contributed by atoms with Crippen LogP contribution in [0.1, 0.15) is 41.2 Å². The number of carbonyl (C=O) groups is 2. The average Bonchev–Trinajstić information content (AvgIpc) is 2.37. The Morgan fingerprint density at radius 2 is 1.54 bits per heavy atom. The van der Waals surface area contributed by atoms with Crippen LogP contribution in [0.4, 0.5) is 26.3 Å². The maximum absolute atomic E-state index is 13.1. The summed E-state index contributed by atoms with van der Waals surface area (Å²) >= 11 is 0. The predicted molar refractivity (Wildman–Crippen MR) is 66.2 cm³/mol. The summed E-state index contributed by atoms with van der Waals surface area (Å²) in [6, 6.07) is 0. The highest BCUT2D eigenvalue weighted by Gasteiger charge is 2.46. The third-order valence-electron chi connectivity index (χ3n) is 2.65. The number of hydrogen-bond acceptors (Lipinski definition) is 5. The van der Waals surface area contributed by atoms with Gasteiger partial charge in [0.2, 0.25) is 0 Å². The molecule has 134 valence electrons. The van der Waals surface area contributed by atoms with Crippen LogP contribution in [0.2, 0.25) is 0 Å².